The van der Waals surface area contributed by atoms with Crippen molar-refractivity contribution in [2.24, 2.45) is 0 Å². The summed E-state index contributed by atoms with van der Waals surface area (Å²) in [4.78, 5) is 29.5. The largest absolute Gasteiger partial charge is 0.378 e. The van der Waals surface area contributed by atoms with Gasteiger partial charge in [0.25, 0.3) is 0 Å². The van der Waals surface area contributed by atoms with Gasteiger partial charge in [-0.05, 0) is 44.1 Å². The van der Waals surface area contributed by atoms with Crippen LogP contribution < -0.4 is 15.9 Å². The summed E-state index contributed by atoms with van der Waals surface area (Å²) in [5.41, 5.74) is 3.01. The van der Waals surface area contributed by atoms with Gasteiger partial charge < -0.3 is 24.9 Å². The van der Waals surface area contributed by atoms with Crippen molar-refractivity contribution in [1.29, 1.82) is 0 Å². The third-order valence-corrected chi connectivity index (χ3v) is 6.17. The molecule has 0 amide bonds. The molecule has 0 spiro atoms. The Bertz CT molecular complexity index is 1290. The Labute approximate surface area is 177 Å². The molecule has 0 saturated carbocycles. The number of morpholine rings is 1. The van der Waals surface area contributed by atoms with Gasteiger partial charge in [-0.1, -0.05) is 0 Å². The molecular weight excluding hydrogens is 396 g/mol. The van der Waals surface area contributed by atoms with E-state index in [0.29, 0.717) is 25.1 Å². The first-order valence-corrected chi connectivity index (χ1v) is 10.8. The van der Waals surface area contributed by atoms with E-state index in [2.05, 4.69) is 24.9 Å². The number of nitrogens with one attached hydrogen (secondary N) is 3. The monoisotopic (exact) mass is 420 g/mol. The second-order valence-corrected chi connectivity index (χ2v) is 8.12. The van der Waals surface area contributed by atoms with Crippen LogP contribution in [0.5, 0.6) is 0 Å². The highest BCUT2D eigenvalue weighted by molar-refractivity contribution is 5.89. The second-order valence-electron chi connectivity index (χ2n) is 8.12. The fourth-order valence-corrected chi connectivity index (χ4v) is 4.55. The first-order valence-electron chi connectivity index (χ1n) is 10.8. The molecule has 31 heavy (non-hydrogen) atoms. The summed E-state index contributed by atoms with van der Waals surface area (Å²) in [7, 11) is 0. The molecule has 0 radical (unpaired) electrons. The molecule has 3 aromatic heterocycles. The molecule has 0 unspecified atom stereocenters. The molecular formula is C21H24N8O2. The normalized spacial score (nSPS) is 18.3. The molecule has 1 aromatic carbocycles. The molecule has 2 saturated heterocycles. The third kappa shape index (κ3) is 3.28. The smallest absolute Gasteiger partial charge is 0.323 e. The zero-order valence-electron chi connectivity index (χ0n) is 17.1. The molecule has 2 fully saturated rings. The highest BCUT2D eigenvalue weighted by atomic mass is 16.5. The van der Waals surface area contributed by atoms with Crippen LogP contribution in [0.1, 0.15) is 18.9 Å². The first-order chi connectivity index (χ1) is 15.3. The van der Waals surface area contributed by atoms with Gasteiger partial charge in [-0.15, -0.1) is 0 Å². The zero-order chi connectivity index (χ0) is 20.8. The Balaban J connectivity index is 1.53. The SMILES string of the molecule is O=c1[nH]c2ccc(-c3nc(N4CCOCC4)c4cnn(C5CCNCC5)c4n3)cc2[nH]1. The van der Waals surface area contributed by atoms with Crippen LogP contribution in [0.3, 0.4) is 0 Å². The summed E-state index contributed by atoms with van der Waals surface area (Å²) in [6, 6.07) is 6.07. The molecule has 0 atom stereocenters. The Morgan fingerprint density at radius 1 is 1.03 bits per heavy atom. The van der Waals surface area contributed by atoms with E-state index in [4.69, 9.17) is 19.8 Å². The number of aromatic nitrogens is 6. The van der Waals surface area contributed by atoms with Gasteiger partial charge in [0.2, 0.25) is 0 Å². The fraction of sp³-hybridized carbons (Fsp3) is 0.429. The summed E-state index contributed by atoms with van der Waals surface area (Å²) in [6.07, 6.45) is 3.96. The first kappa shape index (κ1) is 18.5. The van der Waals surface area contributed by atoms with Crippen LogP contribution in [0.15, 0.2) is 29.2 Å². The van der Waals surface area contributed by atoms with Crippen molar-refractivity contribution < 1.29 is 4.74 Å². The standard InChI is InChI=1S/C21H24N8O2/c30-21-24-16-2-1-13(11-17(16)25-21)18-26-19(28-7-9-31-10-8-28)15-12-23-29(20(15)27-18)14-3-5-22-6-4-14/h1-2,11-12,14,22H,3-10H2,(H2,24,25,30). The van der Waals surface area contributed by atoms with E-state index in [1.807, 2.05) is 24.4 Å². The number of aromatic amines is 2. The number of ether oxygens (including phenoxy) is 1. The highest BCUT2D eigenvalue weighted by Crippen LogP contribution is 2.31. The lowest BCUT2D eigenvalue weighted by atomic mass is 10.1. The molecule has 0 bridgehead atoms. The van der Waals surface area contributed by atoms with Gasteiger partial charge in [0.05, 0.1) is 41.9 Å². The number of nitrogens with zero attached hydrogens (tertiary/aromatic N) is 5. The fourth-order valence-electron chi connectivity index (χ4n) is 4.55. The lowest BCUT2D eigenvalue weighted by Gasteiger charge is -2.28. The lowest BCUT2D eigenvalue weighted by molar-refractivity contribution is 0.122. The number of hydrogen-bond acceptors (Lipinski definition) is 7. The maximum Gasteiger partial charge on any atom is 0.323 e. The van der Waals surface area contributed by atoms with Crippen molar-refractivity contribution in [2.45, 2.75) is 18.9 Å². The van der Waals surface area contributed by atoms with Crippen molar-refractivity contribution in [3.8, 4) is 11.4 Å². The van der Waals surface area contributed by atoms with E-state index in [-0.39, 0.29) is 5.69 Å². The van der Waals surface area contributed by atoms with Crippen molar-refractivity contribution >= 4 is 27.9 Å². The Morgan fingerprint density at radius 3 is 2.68 bits per heavy atom. The number of anilines is 1. The number of imidazole rings is 1. The van der Waals surface area contributed by atoms with E-state index in [0.717, 1.165) is 72.5 Å². The molecule has 2 aliphatic rings. The van der Waals surface area contributed by atoms with Crippen molar-refractivity contribution in [3.05, 3.63) is 34.9 Å². The van der Waals surface area contributed by atoms with Crippen LogP contribution in [-0.4, -0.2) is 69.1 Å². The molecule has 160 valence electrons. The molecule has 5 heterocycles. The molecule has 4 aromatic rings. The summed E-state index contributed by atoms with van der Waals surface area (Å²) >= 11 is 0. The Kier molecular flexibility index (Phi) is 4.46. The van der Waals surface area contributed by atoms with Crippen molar-refractivity contribution in [3.63, 3.8) is 0 Å². The third-order valence-electron chi connectivity index (χ3n) is 6.17. The minimum Gasteiger partial charge on any atom is -0.378 e. The van der Waals surface area contributed by atoms with Crippen LogP contribution in [0.25, 0.3) is 33.5 Å². The van der Waals surface area contributed by atoms with Gasteiger partial charge in [0.1, 0.15) is 5.82 Å². The van der Waals surface area contributed by atoms with Gasteiger partial charge in [0, 0.05) is 18.7 Å². The van der Waals surface area contributed by atoms with Gasteiger partial charge in [0.15, 0.2) is 11.5 Å². The predicted molar refractivity (Wildman–Crippen MR) is 117 cm³/mol. The predicted octanol–water partition coefficient (Wildman–Crippen LogP) is 1.42. The molecule has 2 aliphatic heterocycles. The van der Waals surface area contributed by atoms with Crippen LogP contribution in [0.2, 0.25) is 0 Å². The molecule has 6 rings (SSSR count). The molecule has 3 N–H and O–H groups in total. The quantitative estimate of drug-likeness (QED) is 0.459. The van der Waals surface area contributed by atoms with E-state index < -0.39 is 0 Å². The van der Waals surface area contributed by atoms with Crippen LogP contribution in [0.4, 0.5) is 5.82 Å². The second kappa shape index (κ2) is 7.47. The van der Waals surface area contributed by atoms with E-state index >= 15 is 0 Å². The summed E-state index contributed by atoms with van der Waals surface area (Å²) in [6.45, 7) is 4.90. The van der Waals surface area contributed by atoms with Crippen molar-refractivity contribution in [1.82, 2.24) is 35.0 Å². The van der Waals surface area contributed by atoms with Crippen LogP contribution in [-0.2, 0) is 4.74 Å². The number of hydrogen-bond donors (Lipinski definition) is 3. The number of piperidine rings is 1. The highest BCUT2D eigenvalue weighted by Gasteiger charge is 2.24. The maximum absolute atomic E-state index is 11.7. The molecule has 0 aliphatic carbocycles. The van der Waals surface area contributed by atoms with Crippen LogP contribution >= 0.6 is 0 Å². The average molecular weight is 420 g/mol. The Hall–Kier alpha value is -3.24. The summed E-state index contributed by atoms with van der Waals surface area (Å²) in [5, 5.41) is 9.13. The zero-order valence-corrected chi connectivity index (χ0v) is 17.1. The average Bonchev–Trinajstić information content (AvgIpc) is 3.41. The molecule has 10 nitrogen and oxygen atoms in total. The van der Waals surface area contributed by atoms with Gasteiger partial charge in [-0.25, -0.2) is 19.4 Å². The van der Waals surface area contributed by atoms with Gasteiger partial charge >= 0.3 is 5.69 Å². The van der Waals surface area contributed by atoms with E-state index in [1.54, 1.807) is 0 Å². The maximum atomic E-state index is 11.7. The van der Waals surface area contributed by atoms with Crippen molar-refractivity contribution in [2.75, 3.05) is 44.3 Å². The summed E-state index contributed by atoms with van der Waals surface area (Å²) in [5.74, 6) is 1.53. The van der Waals surface area contributed by atoms with Gasteiger partial charge in [-0.3, -0.25) is 0 Å². The number of benzene rings is 1. The Morgan fingerprint density at radius 2 is 1.84 bits per heavy atom. The lowest BCUT2D eigenvalue weighted by Crippen LogP contribution is -2.37. The minimum atomic E-state index is -0.221. The van der Waals surface area contributed by atoms with E-state index in [9.17, 15) is 4.79 Å². The number of H-pyrrole nitrogens is 2. The van der Waals surface area contributed by atoms with Crippen LogP contribution in [0, 0.1) is 0 Å². The minimum absolute atomic E-state index is 0.221. The van der Waals surface area contributed by atoms with Gasteiger partial charge in [-0.2, -0.15) is 5.10 Å². The number of rotatable bonds is 3. The topological polar surface area (TPSA) is 117 Å². The molecule has 10 heteroatoms. The number of fused-ring (bicyclic) bond motifs is 2. The van der Waals surface area contributed by atoms with E-state index in [1.165, 1.54) is 0 Å². The summed E-state index contributed by atoms with van der Waals surface area (Å²) < 4.78 is 7.62.